The maximum atomic E-state index is 12.2. The fraction of sp³-hybridized carbons (Fsp3) is 0.346. The molecule has 216 valence electrons. The summed E-state index contributed by atoms with van der Waals surface area (Å²) in [5.74, 6) is -1.40. The number of nitrogens with two attached hydrogens (primary N) is 1. The minimum absolute atomic E-state index is 0.0117. The first-order valence-corrected chi connectivity index (χ1v) is 12.7. The topological polar surface area (TPSA) is 204 Å². The van der Waals surface area contributed by atoms with Crippen molar-refractivity contribution in [3.8, 4) is 12.0 Å². The molecule has 0 atom stereocenters. The largest absolute Gasteiger partial charge is 0.480 e. The number of fused-ring (bicyclic) bond motifs is 1. The second-order valence-corrected chi connectivity index (χ2v) is 9.01. The lowest BCUT2D eigenvalue weighted by Crippen LogP contribution is -2.38. The Bertz CT molecular complexity index is 1450. The minimum atomic E-state index is -0.414. The van der Waals surface area contributed by atoms with Crippen LogP contribution < -0.4 is 21.1 Å². The summed E-state index contributed by atoms with van der Waals surface area (Å²) < 4.78 is 11.9. The number of methoxy groups -OCH3 is 1. The fourth-order valence-corrected chi connectivity index (χ4v) is 3.92. The molecule has 2 aromatic heterocycles. The Morgan fingerprint density at radius 3 is 2.29 bits per heavy atom. The fourth-order valence-electron chi connectivity index (χ4n) is 3.92. The normalized spacial score (nSPS) is 12.8. The predicted octanol–water partition coefficient (Wildman–Crippen LogP) is -0.375. The highest BCUT2D eigenvalue weighted by atomic mass is 16.5. The zero-order valence-electron chi connectivity index (χ0n) is 22.3. The second-order valence-electron chi connectivity index (χ2n) is 9.01. The van der Waals surface area contributed by atoms with Crippen LogP contribution in [0, 0.1) is 0 Å². The van der Waals surface area contributed by atoms with Gasteiger partial charge in [-0.25, -0.2) is 0 Å². The molecule has 1 aliphatic rings. The summed E-state index contributed by atoms with van der Waals surface area (Å²) in [4.78, 5) is 60.6. The molecule has 1 aromatic carbocycles. The van der Waals surface area contributed by atoms with E-state index >= 15 is 0 Å². The van der Waals surface area contributed by atoms with Crippen molar-refractivity contribution in [1.82, 2.24) is 35.1 Å². The Morgan fingerprint density at radius 2 is 1.61 bits per heavy atom. The van der Waals surface area contributed by atoms with Crippen LogP contribution in [0.3, 0.4) is 0 Å². The second kappa shape index (κ2) is 13.3. The third kappa shape index (κ3) is 7.54. The van der Waals surface area contributed by atoms with Crippen LogP contribution in [0.2, 0.25) is 0 Å². The van der Waals surface area contributed by atoms with E-state index in [0.29, 0.717) is 12.3 Å². The number of benzene rings is 1. The number of imide groups is 1. The summed E-state index contributed by atoms with van der Waals surface area (Å²) in [5.41, 5.74) is 8.21. The van der Waals surface area contributed by atoms with Gasteiger partial charge in [0.05, 0.1) is 13.2 Å². The maximum Gasteiger partial charge on any atom is 0.320 e. The SMILES string of the molecule is COCCOc1nc(N)c2nc(O)n(Cc3ccc(CNC(=O)CCC(=O)NCCN4C(=O)C=CC4=O)cc3)c2n1. The van der Waals surface area contributed by atoms with Crippen molar-refractivity contribution in [3.63, 3.8) is 0 Å². The highest BCUT2D eigenvalue weighted by Crippen LogP contribution is 2.25. The van der Waals surface area contributed by atoms with Gasteiger partial charge in [0.25, 0.3) is 17.8 Å². The standard InChI is InChI=1S/C26H30N8O7/c1-40-12-13-41-25-31-23(27)22-24(32-25)34(26(39)30-22)15-17-4-2-16(3-5-17)14-29-19(36)7-6-18(35)28-10-11-33-20(37)8-9-21(33)38/h2-5,8-9H,6-7,10-15H2,1H3,(H,28,35)(H,29,36)(H,30,39)(H2,27,31,32). The maximum absolute atomic E-state index is 12.2. The van der Waals surface area contributed by atoms with Gasteiger partial charge in [-0.2, -0.15) is 15.0 Å². The van der Waals surface area contributed by atoms with Crippen molar-refractivity contribution in [1.29, 1.82) is 0 Å². The van der Waals surface area contributed by atoms with Gasteiger partial charge in [-0.05, 0) is 11.1 Å². The van der Waals surface area contributed by atoms with Gasteiger partial charge in [0.2, 0.25) is 11.8 Å². The van der Waals surface area contributed by atoms with Crippen molar-refractivity contribution in [3.05, 3.63) is 47.5 Å². The molecule has 5 N–H and O–H groups in total. The number of hydrogen-bond donors (Lipinski definition) is 4. The van der Waals surface area contributed by atoms with Crippen LogP contribution in [0.1, 0.15) is 24.0 Å². The molecule has 4 amide bonds. The van der Waals surface area contributed by atoms with Crippen molar-refractivity contribution in [2.45, 2.75) is 25.9 Å². The molecule has 0 saturated carbocycles. The number of imidazole rings is 1. The van der Waals surface area contributed by atoms with Gasteiger partial charge in [-0.3, -0.25) is 28.6 Å². The molecule has 1 aliphatic heterocycles. The van der Waals surface area contributed by atoms with E-state index in [1.165, 1.54) is 16.7 Å². The van der Waals surface area contributed by atoms with Crippen LogP contribution in [-0.4, -0.2) is 86.6 Å². The van der Waals surface area contributed by atoms with E-state index < -0.39 is 11.8 Å². The zero-order valence-corrected chi connectivity index (χ0v) is 22.3. The first-order chi connectivity index (χ1) is 19.7. The molecule has 0 saturated heterocycles. The summed E-state index contributed by atoms with van der Waals surface area (Å²) in [7, 11) is 1.55. The number of amides is 4. The molecule has 4 rings (SSSR count). The summed E-state index contributed by atoms with van der Waals surface area (Å²) in [6.07, 6.45) is 2.32. The number of nitrogens with one attached hydrogen (secondary N) is 2. The van der Waals surface area contributed by atoms with Gasteiger partial charge in [0.15, 0.2) is 17.0 Å². The average molecular weight is 567 g/mol. The van der Waals surface area contributed by atoms with Gasteiger partial charge < -0.3 is 30.9 Å². The van der Waals surface area contributed by atoms with Gasteiger partial charge >= 0.3 is 6.01 Å². The number of aromatic nitrogens is 4. The monoisotopic (exact) mass is 566 g/mol. The number of carbonyl (C=O) groups is 4. The van der Waals surface area contributed by atoms with E-state index in [1.807, 2.05) is 24.3 Å². The third-order valence-electron chi connectivity index (χ3n) is 6.09. The van der Waals surface area contributed by atoms with Crippen LogP contribution in [-0.2, 0) is 37.0 Å². The quantitative estimate of drug-likeness (QED) is 0.146. The molecule has 15 heteroatoms. The van der Waals surface area contributed by atoms with Gasteiger partial charge in [-0.1, -0.05) is 24.3 Å². The lowest BCUT2D eigenvalue weighted by molar-refractivity contribution is -0.137. The number of carbonyl (C=O) groups excluding carboxylic acids is 4. The van der Waals surface area contributed by atoms with Crippen LogP contribution in [0.15, 0.2) is 36.4 Å². The van der Waals surface area contributed by atoms with Crippen LogP contribution in [0.25, 0.3) is 11.2 Å². The summed E-state index contributed by atoms with van der Waals surface area (Å²) in [6.45, 7) is 1.27. The summed E-state index contributed by atoms with van der Waals surface area (Å²) >= 11 is 0. The lowest BCUT2D eigenvalue weighted by Gasteiger charge is -2.14. The Morgan fingerprint density at radius 1 is 0.951 bits per heavy atom. The molecule has 3 heterocycles. The Labute approximate surface area is 234 Å². The Hall–Kier alpha value is -5.05. The smallest absolute Gasteiger partial charge is 0.320 e. The number of rotatable bonds is 14. The molecule has 0 bridgehead atoms. The number of nitrogens with zero attached hydrogens (tertiary/aromatic N) is 5. The Kier molecular flexibility index (Phi) is 9.42. The molecule has 41 heavy (non-hydrogen) atoms. The molecule has 3 aromatic rings. The van der Waals surface area contributed by atoms with Crippen LogP contribution >= 0.6 is 0 Å². The lowest BCUT2D eigenvalue weighted by atomic mass is 10.1. The van der Waals surface area contributed by atoms with Crippen LogP contribution in [0.4, 0.5) is 5.82 Å². The van der Waals surface area contributed by atoms with Crippen LogP contribution in [0.5, 0.6) is 12.0 Å². The molecule has 0 aliphatic carbocycles. The predicted molar refractivity (Wildman–Crippen MR) is 144 cm³/mol. The molecule has 0 radical (unpaired) electrons. The zero-order chi connectivity index (χ0) is 29.4. The van der Waals surface area contributed by atoms with Gasteiger partial charge in [-0.15, -0.1) is 0 Å². The minimum Gasteiger partial charge on any atom is -0.480 e. The van der Waals surface area contributed by atoms with Crippen molar-refractivity contribution in [2.75, 3.05) is 39.1 Å². The highest BCUT2D eigenvalue weighted by Gasteiger charge is 2.22. The van der Waals surface area contributed by atoms with Gasteiger partial charge in [0, 0.05) is 51.7 Å². The number of anilines is 1. The van der Waals surface area contributed by atoms with E-state index in [2.05, 4.69) is 25.6 Å². The van der Waals surface area contributed by atoms with E-state index in [9.17, 15) is 24.3 Å². The number of aromatic hydroxyl groups is 1. The molecule has 0 fully saturated rings. The molecule has 0 spiro atoms. The summed E-state index contributed by atoms with van der Waals surface area (Å²) in [6, 6.07) is 7.11. The number of ether oxygens (including phenoxy) is 2. The molecular weight excluding hydrogens is 536 g/mol. The number of hydrogen-bond acceptors (Lipinski definition) is 11. The summed E-state index contributed by atoms with van der Waals surface area (Å²) in [5, 5.41) is 15.8. The number of nitrogen functional groups attached to an aromatic ring is 1. The molecule has 15 nitrogen and oxygen atoms in total. The van der Waals surface area contributed by atoms with E-state index in [1.54, 1.807) is 7.11 Å². The molecule has 0 unspecified atom stereocenters. The first-order valence-electron chi connectivity index (χ1n) is 12.7. The van der Waals surface area contributed by atoms with Crippen molar-refractivity contribution < 1.29 is 33.8 Å². The Balaban J connectivity index is 1.23. The van der Waals surface area contributed by atoms with E-state index in [0.717, 1.165) is 16.0 Å². The third-order valence-corrected chi connectivity index (χ3v) is 6.09. The molecular formula is C26H30N8O7. The highest BCUT2D eigenvalue weighted by molar-refractivity contribution is 6.12. The van der Waals surface area contributed by atoms with Gasteiger partial charge in [0.1, 0.15) is 6.61 Å². The van der Waals surface area contributed by atoms with Crippen molar-refractivity contribution in [2.24, 2.45) is 0 Å². The van der Waals surface area contributed by atoms with Crippen molar-refractivity contribution >= 4 is 40.6 Å². The first kappa shape index (κ1) is 28.9. The van der Waals surface area contributed by atoms with E-state index in [4.69, 9.17) is 15.2 Å². The average Bonchev–Trinajstić information content (AvgIpc) is 3.45. The van der Waals surface area contributed by atoms with E-state index in [-0.39, 0.29) is 80.8 Å².